The highest BCUT2D eigenvalue weighted by Crippen LogP contribution is 2.32. The number of oxazole rings is 1. The smallest absolute Gasteiger partial charge is 0.416 e. The van der Waals surface area contributed by atoms with Crippen LogP contribution in [0.15, 0.2) is 70.2 Å². The van der Waals surface area contributed by atoms with E-state index < -0.39 is 17.8 Å². The van der Waals surface area contributed by atoms with E-state index in [0.29, 0.717) is 49.4 Å². The first-order valence-electron chi connectivity index (χ1n) is 10.2. The maximum absolute atomic E-state index is 13.1. The summed E-state index contributed by atoms with van der Waals surface area (Å²) in [5.74, 6) is 1.78. The molecule has 0 amide bonds. The van der Waals surface area contributed by atoms with E-state index in [-0.39, 0.29) is 0 Å². The predicted molar refractivity (Wildman–Crippen MR) is 114 cm³/mol. The van der Waals surface area contributed by atoms with Crippen LogP contribution in [-0.2, 0) is 17.5 Å². The Morgan fingerprint density at radius 1 is 1.19 bits per heavy atom. The largest absolute Gasteiger partial charge is 0.439 e. The second-order valence-corrected chi connectivity index (χ2v) is 7.31. The van der Waals surface area contributed by atoms with Crippen LogP contribution in [-0.4, -0.2) is 42.6 Å². The number of alkyl halides is 3. The van der Waals surface area contributed by atoms with Gasteiger partial charge in [0.1, 0.15) is 6.10 Å². The molecule has 1 atom stereocenters. The molecule has 1 unspecified atom stereocenters. The van der Waals surface area contributed by atoms with E-state index in [1.807, 2.05) is 35.2 Å². The Morgan fingerprint density at radius 2 is 2.00 bits per heavy atom. The normalized spacial score (nSPS) is 17.4. The lowest BCUT2D eigenvalue weighted by Crippen LogP contribution is -2.48. The first-order valence-corrected chi connectivity index (χ1v) is 10.2. The highest BCUT2D eigenvalue weighted by Gasteiger charge is 2.32. The van der Waals surface area contributed by atoms with E-state index in [4.69, 9.17) is 9.15 Å². The molecule has 9 heteroatoms. The van der Waals surface area contributed by atoms with Crippen LogP contribution < -0.4 is 5.32 Å². The number of hydrogen-bond acceptors (Lipinski definition) is 4. The molecule has 32 heavy (non-hydrogen) atoms. The Bertz CT molecular complexity index is 1070. The zero-order valence-electron chi connectivity index (χ0n) is 17.5. The quantitative estimate of drug-likeness (QED) is 0.474. The van der Waals surface area contributed by atoms with Crippen molar-refractivity contribution in [1.82, 2.24) is 15.2 Å². The molecule has 0 aliphatic carbocycles. The minimum Gasteiger partial charge on any atom is -0.439 e. The SMILES string of the molecule is CN=C(NCc1ncc(-c2ccccc2)o1)N1CCOC(c2cccc(C(F)(F)F)c2)C1. The molecule has 1 saturated heterocycles. The zero-order chi connectivity index (χ0) is 22.6. The average Bonchev–Trinajstić information content (AvgIpc) is 3.29. The number of nitrogens with one attached hydrogen (secondary N) is 1. The van der Waals surface area contributed by atoms with Crippen molar-refractivity contribution in [3.63, 3.8) is 0 Å². The Kier molecular flexibility index (Phi) is 6.45. The molecule has 3 aromatic rings. The monoisotopic (exact) mass is 444 g/mol. The molecule has 1 aliphatic heterocycles. The second kappa shape index (κ2) is 9.44. The fourth-order valence-electron chi connectivity index (χ4n) is 3.57. The van der Waals surface area contributed by atoms with E-state index in [1.165, 1.54) is 6.07 Å². The molecule has 0 radical (unpaired) electrons. The lowest BCUT2D eigenvalue weighted by Gasteiger charge is -2.35. The topological polar surface area (TPSA) is 62.9 Å². The summed E-state index contributed by atoms with van der Waals surface area (Å²) in [5, 5.41) is 3.21. The maximum Gasteiger partial charge on any atom is 0.416 e. The standard InChI is InChI=1S/C23H23F3N4O2/c1-27-22(29-14-21-28-13-19(32-21)16-6-3-2-4-7-16)30-10-11-31-20(15-30)17-8-5-9-18(12-17)23(24,25)26/h2-9,12-13,20H,10-11,14-15H2,1H3,(H,27,29). The van der Waals surface area contributed by atoms with Gasteiger partial charge in [0.2, 0.25) is 5.89 Å². The number of ether oxygens (including phenoxy) is 1. The van der Waals surface area contributed by atoms with Gasteiger partial charge >= 0.3 is 6.18 Å². The summed E-state index contributed by atoms with van der Waals surface area (Å²) in [6.45, 7) is 1.64. The van der Waals surface area contributed by atoms with Crippen molar-refractivity contribution >= 4 is 5.96 Å². The molecule has 168 valence electrons. The molecule has 1 N–H and O–H groups in total. The lowest BCUT2D eigenvalue weighted by atomic mass is 10.0. The van der Waals surface area contributed by atoms with Crippen molar-refractivity contribution in [2.45, 2.75) is 18.8 Å². The second-order valence-electron chi connectivity index (χ2n) is 7.31. The van der Waals surface area contributed by atoms with Crippen LogP contribution in [0.25, 0.3) is 11.3 Å². The van der Waals surface area contributed by atoms with Gasteiger partial charge in [-0.3, -0.25) is 4.99 Å². The minimum absolute atomic E-state index is 0.324. The number of aromatic nitrogens is 1. The third-order valence-electron chi connectivity index (χ3n) is 5.17. The van der Waals surface area contributed by atoms with Gasteiger partial charge in [-0.1, -0.05) is 42.5 Å². The molecule has 1 aromatic heterocycles. The van der Waals surface area contributed by atoms with Crippen molar-refractivity contribution in [1.29, 1.82) is 0 Å². The van der Waals surface area contributed by atoms with Crippen molar-refractivity contribution in [3.05, 3.63) is 77.8 Å². The summed E-state index contributed by atoms with van der Waals surface area (Å²) in [4.78, 5) is 10.6. The lowest BCUT2D eigenvalue weighted by molar-refractivity contribution is -0.137. The number of guanidine groups is 1. The summed E-state index contributed by atoms with van der Waals surface area (Å²) in [6, 6.07) is 14.9. The van der Waals surface area contributed by atoms with Crippen LogP contribution >= 0.6 is 0 Å². The van der Waals surface area contributed by atoms with Crippen LogP contribution in [0.3, 0.4) is 0 Å². The minimum atomic E-state index is -4.39. The Balaban J connectivity index is 1.40. The van der Waals surface area contributed by atoms with Crippen molar-refractivity contribution < 1.29 is 22.3 Å². The van der Waals surface area contributed by atoms with E-state index in [9.17, 15) is 13.2 Å². The van der Waals surface area contributed by atoms with Gasteiger partial charge in [-0.2, -0.15) is 13.2 Å². The summed E-state index contributed by atoms with van der Waals surface area (Å²) < 4.78 is 50.8. The Labute approximate surface area is 183 Å². The summed E-state index contributed by atoms with van der Waals surface area (Å²) in [6.07, 6.45) is -3.21. The van der Waals surface area contributed by atoms with E-state index in [1.54, 1.807) is 19.3 Å². The summed E-state index contributed by atoms with van der Waals surface area (Å²) in [7, 11) is 1.65. The zero-order valence-corrected chi connectivity index (χ0v) is 17.5. The molecule has 4 rings (SSSR count). The van der Waals surface area contributed by atoms with Gasteiger partial charge in [-0.15, -0.1) is 0 Å². The number of nitrogens with zero attached hydrogens (tertiary/aromatic N) is 3. The first-order chi connectivity index (χ1) is 15.4. The highest BCUT2D eigenvalue weighted by atomic mass is 19.4. The summed E-state index contributed by atoms with van der Waals surface area (Å²) >= 11 is 0. The number of rotatable bonds is 4. The van der Waals surface area contributed by atoms with Crippen LogP contribution in [0.5, 0.6) is 0 Å². The number of halogens is 3. The Hall–Kier alpha value is -3.33. The van der Waals surface area contributed by atoms with Crippen LogP contribution in [0.2, 0.25) is 0 Å². The van der Waals surface area contributed by atoms with Crippen LogP contribution in [0.1, 0.15) is 23.1 Å². The van der Waals surface area contributed by atoms with E-state index >= 15 is 0 Å². The molecule has 6 nitrogen and oxygen atoms in total. The van der Waals surface area contributed by atoms with Crippen molar-refractivity contribution in [2.75, 3.05) is 26.7 Å². The van der Waals surface area contributed by atoms with Gasteiger partial charge in [0.05, 0.1) is 31.5 Å². The van der Waals surface area contributed by atoms with E-state index in [0.717, 1.165) is 17.7 Å². The van der Waals surface area contributed by atoms with Crippen LogP contribution in [0, 0.1) is 0 Å². The molecular formula is C23H23F3N4O2. The van der Waals surface area contributed by atoms with Gasteiger partial charge in [0.15, 0.2) is 11.7 Å². The van der Waals surface area contributed by atoms with Crippen LogP contribution in [0.4, 0.5) is 13.2 Å². The number of morpholine rings is 1. The molecule has 1 aliphatic rings. The van der Waals surface area contributed by atoms with Gasteiger partial charge in [-0.05, 0) is 17.7 Å². The van der Waals surface area contributed by atoms with Crippen molar-refractivity contribution in [2.24, 2.45) is 4.99 Å². The molecule has 2 heterocycles. The van der Waals surface area contributed by atoms with Crippen molar-refractivity contribution in [3.8, 4) is 11.3 Å². The molecule has 2 aromatic carbocycles. The fourth-order valence-corrected chi connectivity index (χ4v) is 3.57. The number of hydrogen-bond donors (Lipinski definition) is 1. The number of benzene rings is 2. The Morgan fingerprint density at radius 3 is 2.75 bits per heavy atom. The summed E-state index contributed by atoms with van der Waals surface area (Å²) in [5.41, 5.74) is 0.740. The molecular weight excluding hydrogens is 421 g/mol. The number of aliphatic imine (C=N–C) groups is 1. The first kappa shape index (κ1) is 21.9. The van der Waals surface area contributed by atoms with Gasteiger partial charge in [0.25, 0.3) is 0 Å². The highest BCUT2D eigenvalue weighted by molar-refractivity contribution is 5.80. The van der Waals surface area contributed by atoms with Gasteiger partial charge in [-0.25, -0.2) is 4.98 Å². The fraction of sp³-hybridized carbons (Fsp3) is 0.304. The third-order valence-corrected chi connectivity index (χ3v) is 5.17. The molecule has 1 fully saturated rings. The third kappa shape index (κ3) is 5.11. The van der Waals surface area contributed by atoms with E-state index in [2.05, 4.69) is 15.3 Å². The molecule has 0 spiro atoms. The van der Waals surface area contributed by atoms with Gasteiger partial charge < -0.3 is 19.4 Å². The van der Waals surface area contributed by atoms with Gasteiger partial charge in [0, 0.05) is 19.2 Å². The molecule has 0 bridgehead atoms. The maximum atomic E-state index is 13.1. The molecule has 0 saturated carbocycles. The average molecular weight is 444 g/mol. The predicted octanol–water partition coefficient (Wildman–Crippen LogP) is 4.51.